The van der Waals surface area contributed by atoms with Crippen molar-refractivity contribution < 1.29 is 42.2 Å². The second kappa shape index (κ2) is 15.5. The van der Waals surface area contributed by atoms with Gasteiger partial charge in [0.2, 0.25) is 11.9 Å². The third-order valence-corrected chi connectivity index (χ3v) is 11.3. The Hall–Kier alpha value is -5.19. The van der Waals surface area contributed by atoms with Crippen LogP contribution in [0.25, 0.3) is 0 Å². The zero-order valence-corrected chi connectivity index (χ0v) is 31.1. The molecule has 1 aromatic heterocycles. The maximum Gasteiger partial charge on any atom is 0.422 e. The summed E-state index contributed by atoms with van der Waals surface area (Å²) in [5.74, 6) is -2.70. The van der Waals surface area contributed by atoms with Crippen molar-refractivity contribution in [1.82, 2.24) is 30.9 Å². The molecule has 3 aromatic rings. The van der Waals surface area contributed by atoms with Gasteiger partial charge in [0.05, 0.1) is 5.54 Å². The van der Waals surface area contributed by atoms with Crippen LogP contribution in [0.3, 0.4) is 0 Å². The molecule has 7 rings (SSSR count). The number of aliphatic carboxylic acids is 1. The van der Waals surface area contributed by atoms with Crippen LogP contribution < -0.4 is 31.3 Å². The van der Waals surface area contributed by atoms with Crippen LogP contribution in [-0.2, 0) is 19.9 Å². The van der Waals surface area contributed by atoms with Crippen molar-refractivity contribution in [3.8, 4) is 6.01 Å². The molecule has 1 heterocycles. The van der Waals surface area contributed by atoms with E-state index in [0.29, 0.717) is 35.4 Å². The summed E-state index contributed by atoms with van der Waals surface area (Å²) in [5, 5.41) is 24.0. The molecule has 14 nitrogen and oxygen atoms in total. The van der Waals surface area contributed by atoms with E-state index in [2.05, 4.69) is 62.3 Å². The van der Waals surface area contributed by atoms with Gasteiger partial charge in [-0.05, 0) is 97.2 Å². The third-order valence-electron chi connectivity index (χ3n) is 11.1. The maximum atomic E-state index is 13.0. The standard InChI is InChI=1S/C37H42ClF3N8O6/c1-19-25-16-22(35(25,2)3)17-27(19)45-30(52)29(51)42-15-12-26(31(53)54)44-28(50)20-4-10-24(11-5-20)43-32-46-33(48-34(47-32)55-18-37(39,40)41)49-36(13-14-36)21-6-8-23(38)9-7-21/h4-11,19,22,25-27H,12-18H2,1-3H3,(H,42,51)(H,44,50)(H,45,52)(H,53,54)(H2,43,46,47,48,49)/t19-,22-,25+,26+,27+/m1/s1. The first kappa shape index (κ1) is 39.5. The van der Waals surface area contributed by atoms with Crippen molar-refractivity contribution in [2.24, 2.45) is 23.2 Å². The molecule has 4 aliphatic carbocycles. The van der Waals surface area contributed by atoms with E-state index in [1.807, 2.05) is 12.1 Å². The molecule has 0 saturated heterocycles. The number of anilines is 3. The van der Waals surface area contributed by atoms with Crippen LogP contribution in [-0.4, -0.2) is 75.2 Å². The van der Waals surface area contributed by atoms with Crippen LogP contribution in [0.1, 0.15) is 68.8 Å². The number of aromatic nitrogens is 3. The fraction of sp³-hybridized carbons (Fsp3) is 0.486. The summed E-state index contributed by atoms with van der Waals surface area (Å²) in [4.78, 5) is 62.3. The second-order valence-corrected chi connectivity index (χ2v) is 15.5. The number of hydrogen-bond acceptors (Lipinski definition) is 10. The van der Waals surface area contributed by atoms with Gasteiger partial charge >= 0.3 is 30.0 Å². The molecule has 6 N–H and O–H groups in total. The SMILES string of the molecule is C[C@H]1[C@@H](NC(=O)C(=O)NCC[C@H](NC(=O)c2ccc(Nc3nc(NC4(c5ccc(Cl)cc5)CC4)nc(OCC(F)(F)F)n3)cc2)C(=O)O)C[C@H]2C[C@@H]1C2(C)C. The van der Waals surface area contributed by atoms with E-state index in [9.17, 15) is 37.5 Å². The minimum atomic E-state index is -4.64. The molecular formula is C37H42ClF3N8O6. The largest absolute Gasteiger partial charge is 0.480 e. The van der Waals surface area contributed by atoms with Gasteiger partial charge in [0.1, 0.15) is 6.04 Å². The van der Waals surface area contributed by atoms with Crippen molar-refractivity contribution in [1.29, 1.82) is 0 Å². The summed E-state index contributed by atoms with van der Waals surface area (Å²) in [6.07, 6.45) is -1.49. The van der Waals surface area contributed by atoms with Crippen LogP contribution in [0, 0.1) is 23.2 Å². The Morgan fingerprint density at radius 2 is 1.64 bits per heavy atom. The lowest BCUT2D eigenvalue weighted by atomic mass is 9.45. The lowest BCUT2D eigenvalue weighted by Crippen LogP contribution is -2.61. The molecule has 0 aliphatic heterocycles. The monoisotopic (exact) mass is 786 g/mol. The van der Waals surface area contributed by atoms with Gasteiger partial charge in [0.25, 0.3) is 5.91 Å². The first-order chi connectivity index (χ1) is 25.9. The summed E-state index contributed by atoms with van der Waals surface area (Å²) in [6, 6.07) is 10.8. The van der Waals surface area contributed by atoms with Crippen LogP contribution >= 0.6 is 11.6 Å². The average Bonchev–Trinajstić information content (AvgIpc) is 3.91. The van der Waals surface area contributed by atoms with Crippen LogP contribution in [0.4, 0.5) is 30.8 Å². The van der Waals surface area contributed by atoms with Gasteiger partial charge in [-0.25, -0.2) is 4.79 Å². The Morgan fingerprint density at radius 1 is 0.964 bits per heavy atom. The smallest absolute Gasteiger partial charge is 0.422 e. The average molecular weight is 787 g/mol. The lowest BCUT2D eigenvalue weighted by Gasteiger charge is -2.62. The molecule has 0 unspecified atom stereocenters. The number of hydrogen-bond donors (Lipinski definition) is 6. The number of benzene rings is 2. The van der Waals surface area contributed by atoms with Crippen molar-refractivity contribution >= 4 is 52.9 Å². The van der Waals surface area contributed by atoms with Gasteiger partial charge in [-0.3, -0.25) is 14.4 Å². The van der Waals surface area contributed by atoms with Crippen LogP contribution in [0.15, 0.2) is 48.5 Å². The number of amides is 3. The highest BCUT2D eigenvalue weighted by Crippen LogP contribution is 2.61. The number of carboxylic acid groups (broad SMARTS) is 1. The number of carbonyl (C=O) groups is 4. The van der Waals surface area contributed by atoms with E-state index in [-0.39, 0.29) is 47.8 Å². The first-order valence-corrected chi connectivity index (χ1v) is 18.3. The number of rotatable bonds is 14. The minimum Gasteiger partial charge on any atom is -0.480 e. The van der Waals surface area contributed by atoms with Gasteiger partial charge in [-0.1, -0.05) is 44.5 Å². The summed E-state index contributed by atoms with van der Waals surface area (Å²) < 4.78 is 43.7. The van der Waals surface area contributed by atoms with Gasteiger partial charge in [0, 0.05) is 28.9 Å². The molecule has 294 valence electrons. The van der Waals surface area contributed by atoms with E-state index in [1.54, 1.807) is 12.1 Å². The third kappa shape index (κ3) is 9.37. The van der Waals surface area contributed by atoms with Gasteiger partial charge in [-0.15, -0.1) is 0 Å². The zero-order valence-electron chi connectivity index (χ0n) is 30.3. The first-order valence-electron chi connectivity index (χ1n) is 17.9. The Kier molecular flexibility index (Phi) is 11.1. The maximum absolute atomic E-state index is 13.0. The molecule has 0 radical (unpaired) electrons. The van der Waals surface area contributed by atoms with Gasteiger partial charge in [-0.2, -0.15) is 28.1 Å². The Morgan fingerprint density at radius 3 is 2.24 bits per heavy atom. The number of halogens is 4. The van der Waals surface area contributed by atoms with E-state index in [4.69, 9.17) is 16.3 Å². The molecule has 2 bridgehead atoms. The van der Waals surface area contributed by atoms with Crippen molar-refractivity contribution in [3.63, 3.8) is 0 Å². The zero-order chi connectivity index (χ0) is 39.7. The van der Waals surface area contributed by atoms with Gasteiger partial charge < -0.3 is 36.4 Å². The molecule has 18 heteroatoms. The van der Waals surface area contributed by atoms with Crippen LogP contribution in [0.5, 0.6) is 6.01 Å². The summed E-state index contributed by atoms with van der Waals surface area (Å²) >= 11 is 6.03. The van der Waals surface area contributed by atoms with E-state index in [1.165, 1.54) is 24.3 Å². The molecule has 4 fully saturated rings. The quantitative estimate of drug-likeness (QED) is 0.118. The highest BCUT2D eigenvalue weighted by atomic mass is 35.5. The number of ether oxygens (including phenoxy) is 1. The lowest BCUT2D eigenvalue weighted by molar-refractivity contribution is -0.154. The fourth-order valence-corrected chi connectivity index (χ4v) is 7.72. The van der Waals surface area contributed by atoms with Gasteiger partial charge in [0.15, 0.2) is 6.61 Å². The molecule has 5 atom stereocenters. The van der Waals surface area contributed by atoms with Crippen molar-refractivity contribution in [2.45, 2.75) is 76.7 Å². The van der Waals surface area contributed by atoms with E-state index in [0.717, 1.165) is 18.4 Å². The van der Waals surface area contributed by atoms with E-state index >= 15 is 0 Å². The molecule has 55 heavy (non-hydrogen) atoms. The van der Waals surface area contributed by atoms with Crippen molar-refractivity contribution in [2.75, 3.05) is 23.8 Å². The molecule has 0 spiro atoms. The highest BCUT2D eigenvalue weighted by Gasteiger charge is 2.56. The normalized spacial score (nSPS) is 22.2. The Balaban J connectivity index is 1.03. The minimum absolute atomic E-state index is 0.0334. The number of carboxylic acids is 1. The molecule has 4 aliphatic rings. The highest BCUT2D eigenvalue weighted by molar-refractivity contribution is 6.35. The predicted molar refractivity (Wildman–Crippen MR) is 195 cm³/mol. The van der Waals surface area contributed by atoms with Crippen LogP contribution in [0.2, 0.25) is 5.02 Å². The summed E-state index contributed by atoms with van der Waals surface area (Å²) in [5.41, 5.74) is 0.988. The van der Waals surface area contributed by atoms with Crippen molar-refractivity contribution in [3.05, 3.63) is 64.7 Å². The number of carbonyl (C=O) groups excluding carboxylic acids is 3. The number of nitrogens with one attached hydrogen (secondary N) is 5. The molecular weight excluding hydrogens is 745 g/mol. The second-order valence-electron chi connectivity index (χ2n) is 15.0. The summed E-state index contributed by atoms with van der Waals surface area (Å²) in [6.45, 7) is 4.75. The van der Waals surface area contributed by atoms with E-state index < -0.39 is 54.1 Å². The molecule has 4 saturated carbocycles. The number of fused-ring (bicyclic) bond motifs is 2. The molecule has 3 amide bonds. The number of nitrogens with zero attached hydrogens (tertiary/aromatic N) is 3. The Labute approximate surface area is 319 Å². The fourth-order valence-electron chi connectivity index (χ4n) is 7.59. The topological polar surface area (TPSA) is 197 Å². The predicted octanol–water partition coefficient (Wildman–Crippen LogP) is 5.19. The number of alkyl halides is 3. The molecule has 2 aromatic carbocycles. The summed E-state index contributed by atoms with van der Waals surface area (Å²) in [7, 11) is 0. The Bertz CT molecular complexity index is 1930.